The molecule has 18 heavy (non-hydrogen) atoms. The average Bonchev–Trinajstić information content (AvgIpc) is 2.69. The highest BCUT2D eigenvalue weighted by Gasteiger charge is 2.31. The van der Waals surface area contributed by atoms with Crippen molar-refractivity contribution >= 4 is 5.69 Å². The number of hydrogen-bond acceptors (Lipinski definition) is 5. The van der Waals surface area contributed by atoms with Crippen molar-refractivity contribution in [3.05, 3.63) is 24.0 Å². The Labute approximate surface area is 107 Å². The Kier molecular flexibility index (Phi) is 3.80. The Morgan fingerprint density at radius 1 is 1.56 bits per heavy atom. The van der Waals surface area contributed by atoms with Crippen molar-refractivity contribution < 1.29 is 5.11 Å². The maximum Gasteiger partial charge on any atom is 0.140 e. The van der Waals surface area contributed by atoms with Crippen LogP contribution in [0.15, 0.2) is 18.3 Å². The van der Waals surface area contributed by atoms with Crippen molar-refractivity contribution in [2.24, 2.45) is 0 Å². The number of aliphatic hydroxyl groups excluding tert-OH is 1. The summed E-state index contributed by atoms with van der Waals surface area (Å²) in [5, 5.41) is 18.5. The number of nitriles is 1. The zero-order valence-electron chi connectivity index (χ0n) is 10.7. The molecular formula is C13H18N4O. The number of nitrogens with zero attached hydrogens (tertiary/aromatic N) is 4. The van der Waals surface area contributed by atoms with Gasteiger partial charge in [0.05, 0.1) is 18.0 Å². The molecule has 1 aliphatic heterocycles. The summed E-state index contributed by atoms with van der Waals surface area (Å²) in [6, 6.07) is 5.92. The molecule has 0 bridgehead atoms. The fourth-order valence-electron chi connectivity index (χ4n) is 2.42. The quantitative estimate of drug-likeness (QED) is 0.839. The van der Waals surface area contributed by atoms with Crippen LogP contribution in [0.1, 0.15) is 12.1 Å². The molecule has 0 aromatic carbocycles. The summed E-state index contributed by atoms with van der Waals surface area (Å²) in [5.41, 5.74) is 1.39. The van der Waals surface area contributed by atoms with Crippen LogP contribution < -0.4 is 4.90 Å². The van der Waals surface area contributed by atoms with Gasteiger partial charge in [0.25, 0.3) is 0 Å². The molecule has 2 rings (SSSR count). The third-order valence-electron chi connectivity index (χ3n) is 3.16. The van der Waals surface area contributed by atoms with E-state index in [9.17, 15) is 5.11 Å². The van der Waals surface area contributed by atoms with Gasteiger partial charge in [-0.3, -0.25) is 0 Å². The van der Waals surface area contributed by atoms with Gasteiger partial charge in [-0.1, -0.05) is 0 Å². The van der Waals surface area contributed by atoms with Gasteiger partial charge in [-0.25, -0.2) is 4.98 Å². The van der Waals surface area contributed by atoms with Gasteiger partial charge in [0.1, 0.15) is 11.8 Å². The third kappa shape index (κ3) is 2.78. The van der Waals surface area contributed by atoms with E-state index in [0.29, 0.717) is 18.3 Å². The zero-order valence-corrected chi connectivity index (χ0v) is 10.7. The molecular weight excluding hydrogens is 228 g/mol. The van der Waals surface area contributed by atoms with Crippen molar-refractivity contribution in [2.75, 3.05) is 32.1 Å². The van der Waals surface area contributed by atoms with Crippen molar-refractivity contribution in [1.29, 1.82) is 5.26 Å². The number of β-amino-alcohol motifs (C(OH)–C–C–N with tert-alkyl or cyclic N) is 1. The van der Waals surface area contributed by atoms with E-state index in [4.69, 9.17) is 5.26 Å². The van der Waals surface area contributed by atoms with Crippen LogP contribution in [0.3, 0.4) is 0 Å². The normalized spacial score (nSPS) is 23.4. The molecule has 0 radical (unpaired) electrons. The van der Waals surface area contributed by atoms with Crippen LogP contribution in [-0.2, 0) is 0 Å². The van der Waals surface area contributed by atoms with Crippen molar-refractivity contribution in [1.82, 2.24) is 9.88 Å². The smallest absolute Gasteiger partial charge is 0.140 e. The number of pyridine rings is 1. The molecule has 1 aliphatic rings. The van der Waals surface area contributed by atoms with E-state index in [0.717, 1.165) is 18.7 Å². The van der Waals surface area contributed by atoms with Crippen LogP contribution in [0.25, 0.3) is 0 Å². The van der Waals surface area contributed by atoms with E-state index in [2.05, 4.69) is 14.8 Å². The van der Waals surface area contributed by atoms with Gasteiger partial charge in [-0.05, 0) is 32.6 Å². The first-order valence-corrected chi connectivity index (χ1v) is 6.05. The Morgan fingerprint density at radius 3 is 2.89 bits per heavy atom. The number of hydrogen-bond donors (Lipinski definition) is 1. The van der Waals surface area contributed by atoms with Gasteiger partial charge < -0.3 is 14.9 Å². The van der Waals surface area contributed by atoms with E-state index in [1.165, 1.54) is 0 Å². The number of anilines is 1. The molecule has 2 heterocycles. The van der Waals surface area contributed by atoms with Gasteiger partial charge in [0.2, 0.25) is 0 Å². The van der Waals surface area contributed by atoms with E-state index < -0.39 is 0 Å². The van der Waals surface area contributed by atoms with Gasteiger partial charge in [0, 0.05) is 19.1 Å². The van der Waals surface area contributed by atoms with E-state index >= 15 is 0 Å². The highest BCUT2D eigenvalue weighted by atomic mass is 16.3. The van der Waals surface area contributed by atoms with Crippen LogP contribution in [0.4, 0.5) is 5.69 Å². The summed E-state index contributed by atoms with van der Waals surface area (Å²) in [6.45, 7) is 1.53. The molecule has 1 aromatic heterocycles. The fourth-order valence-corrected chi connectivity index (χ4v) is 2.42. The minimum absolute atomic E-state index is 0.286. The predicted molar refractivity (Wildman–Crippen MR) is 69.3 cm³/mol. The molecule has 0 aliphatic carbocycles. The highest BCUT2D eigenvalue weighted by Crippen LogP contribution is 2.25. The first kappa shape index (κ1) is 12.8. The molecule has 0 spiro atoms. The molecule has 0 amide bonds. The van der Waals surface area contributed by atoms with Gasteiger partial charge >= 0.3 is 0 Å². The lowest BCUT2D eigenvalue weighted by molar-refractivity contribution is 0.191. The first-order chi connectivity index (χ1) is 8.60. The highest BCUT2D eigenvalue weighted by molar-refractivity contribution is 5.48. The monoisotopic (exact) mass is 246 g/mol. The second-order valence-corrected chi connectivity index (χ2v) is 4.97. The van der Waals surface area contributed by atoms with Gasteiger partial charge in [-0.15, -0.1) is 0 Å². The third-order valence-corrected chi connectivity index (χ3v) is 3.16. The van der Waals surface area contributed by atoms with Crippen molar-refractivity contribution in [3.8, 4) is 6.07 Å². The SMILES string of the molecule is CN(C)CC1CC(O)CN1c1ccc(C#N)nc1. The molecule has 5 nitrogen and oxygen atoms in total. The lowest BCUT2D eigenvalue weighted by atomic mass is 10.2. The van der Waals surface area contributed by atoms with Crippen LogP contribution >= 0.6 is 0 Å². The molecule has 2 atom stereocenters. The second kappa shape index (κ2) is 5.34. The van der Waals surface area contributed by atoms with Crippen molar-refractivity contribution in [2.45, 2.75) is 18.6 Å². The second-order valence-electron chi connectivity index (χ2n) is 4.97. The van der Waals surface area contributed by atoms with E-state index in [1.54, 1.807) is 12.3 Å². The number of aliphatic hydroxyl groups is 1. The summed E-state index contributed by atoms with van der Waals surface area (Å²) >= 11 is 0. The summed E-state index contributed by atoms with van der Waals surface area (Å²) < 4.78 is 0. The van der Waals surface area contributed by atoms with Crippen LogP contribution in [0.2, 0.25) is 0 Å². The van der Waals surface area contributed by atoms with Gasteiger partial charge in [-0.2, -0.15) is 5.26 Å². The predicted octanol–water partition coefficient (Wildman–Crippen LogP) is 0.454. The molecule has 1 aromatic rings. The summed E-state index contributed by atoms with van der Waals surface area (Å²) in [7, 11) is 4.06. The molecule has 2 unspecified atom stereocenters. The van der Waals surface area contributed by atoms with E-state index in [-0.39, 0.29) is 6.10 Å². The molecule has 0 saturated carbocycles. The zero-order chi connectivity index (χ0) is 13.1. The lowest BCUT2D eigenvalue weighted by Gasteiger charge is -2.28. The lowest BCUT2D eigenvalue weighted by Crippen LogP contribution is -2.37. The Balaban J connectivity index is 2.16. The molecule has 96 valence electrons. The Hall–Kier alpha value is -1.64. The minimum atomic E-state index is -0.286. The molecule has 5 heteroatoms. The summed E-state index contributed by atoms with van der Waals surface area (Å²) in [6.07, 6.45) is 2.20. The average molecular weight is 246 g/mol. The number of rotatable bonds is 3. The molecule has 1 fully saturated rings. The Bertz CT molecular complexity index is 437. The van der Waals surface area contributed by atoms with Crippen LogP contribution in [-0.4, -0.2) is 54.3 Å². The molecule has 1 N–H and O–H groups in total. The topological polar surface area (TPSA) is 63.4 Å². The fraction of sp³-hybridized carbons (Fsp3) is 0.538. The largest absolute Gasteiger partial charge is 0.391 e. The Morgan fingerprint density at radius 2 is 2.33 bits per heavy atom. The maximum absolute atomic E-state index is 9.81. The summed E-state index contributed by atoms with van der Waals surface area (Å²) in [4.78, 5) is 8.37. The van der Waals surface area contributed by atoms with Crippen molar-refractivity contribution in [3.63, 3.8) is 0 Å². The number of likely N-dealkylation sites (N-methyl/N-ethyl adjacent to an activating group) is 1. The first-order valence-electron chi connectivity index (χ1n) is 6.05. The number of aromatic nitrogens is 1. The maximum atomic E-state index is 9.81. The standard InChI is InChI=1S/C13H18N4O/c1-16(2)8-12-5-13(18)9-17(12)11-4-3-10(6-14)15-7-11/h3-4,7,12-13,18H,5,8-9H2,1-2H3. The van der Waals surface area contributed by atoms with E-state index in [1.807, 2.05) is 26.2 Å². The van der Waals surface area contributed by atoms with Crippen LogP contribution in [0, 0.1) is 11.3 Å². The van der Waals surface area contributed by atoms with Gasteiger partial charge in [0.15, 0.2) is 0 Å². The minimum Gasteiger partial charge on any atom is -0.391 e. The van der Waals surface area contributed by atoms with Crippen LogP contribution in [0.5, 0.6) is 0 Å². The molecule has 1 saturated heterocycles. The summed E-state index contributed by atoms with van der Waals surface area (Å²) in [5.74, 6) is 0.